The number of aryl methyl sites for hydroxylation is 2. The molecule has 0 aliphatic heterocycles. The molecule has 1 aromatic rings. The normalized spacial score (nSPS) is 19.9. The Morgan fingerprint density at radius 1 is 1.31 bits per heavy atom. The Hall–Kier alpha value is -0.136. The van der Waals surface area contributed by atoms with Gasteiger partial charge in [-0.05, 0) is 49.5 Å². The molecule has 16 heavy (non-hydrogen) atoms. The van der Waals surface area contributed by atoms with Crippen LogP contribution in [0.5, 0.6) is 0 Å². The molecule has 1 nitrogen and oxygen atoms in total. The first-order valence-electron chi connectivity index (χ1n) is 5.60. The molecule has 0 amide bonds. The van der Waals surface area contributed by atoms with Crippen LogP contribution in [0.3, 0.4) is 0 Å². The second-order valence-corrected chi connectivity index (χ2v) is 4.50. The molecule has 0 heterocycles. The van der Waals surface area contributed by atoms with Crippen LogP contribution in [0.2, 0.25) is 0 Å². The minimum Gasteiger partial charge on any atom is -0.334 e. The van der Waals surface area contributed by atoms with E-state index in [1.807, 2.05) is 6.42 Å². The summed E-state index contributed by atoms with van der Waals surface area (Å²) in [6.07, 6.45) is 4.51. The molecule has 1 aromatic carbocycles. The fraction of sp³-hybridized carbons (Fsp3) is 0.429. The van der Waals surface area contributed by atoms with Gasteiger partial charge < -0.3 is 11.2 Å². The first-order valence-corrected chi connectivity index (χ1v) is 5.60. The maximum Gasteiger partial charge on any atom is 3.00 e. The summed E-state index contributed by atoms with van der Waals surface area (Å²) < 4.78 is 0. The van der Waals surface area contributed by atoms with Gasteiger partial charge in [0.15, 0.2) is 0 Å². The minimum atomic E-state index is 0. The predicted molar refractivity (Wildman–Crippen MR) is 61.8 cm³/mol. The molecule has 1 aliphatic carbocycles. The Kier molecular flexibility index (Phi) is 5.20. The number of benzene rings is 1. The maximum atomic E-state index is 11.1. The first-order chi connectivity index (χ1) is 7.16. The van der Waals surface area contributed by atoms with E-state index in [9.17, 15) is 4.79 Å². The van der Waals surface area contributed by atoms with Crippen molar-refractivity contribution in [2.45, 2.75) is 39.0 Å². The molecular weight excluding hydrogens is 273 g/mol. The van der Waals surface area contributed by atoms with Gasteiger partial charge in [-0.3, -0.25) is 0 Å². The van der Waals surface area contributed by atoms with Gasteiger partial charge in [0, 0.05) is 0 Å². The van der Waals surface area contributed by atoms with E-state index in [0.717, 1.165) is 19.3 Å². The monoisotopic (exact) mass is 290 g/mol. The average Bonchev–Trinajstić information content (AvgIpc) is 2.20. The maximum absolute atomic E-state index is 11.1. The zero-order valence-electron chi connectivity index (χ0n) is 9.99. The number of carbonyl (C=O) groups is 1. The third kappa shape index (κ3) is 3.18. The molecule has 0 aromatic heterocycles. The van der Waals surface area contributed by atoms with Crippen molar-refractivity contribution in [3.63, 3.8) is 0 Å². The summed E-state index contributed by atoms with van der Waals surface area (Å²) in [6, 6.07) is 6.61. The molecule has 1 atom stereocenters. The fourth-order valence-electron chi connectivity index (χ4n) is 2.38. The number of carbonyl (C=O) groups excluding carboxylic acids is 1. The summed E-state index contributed by atoms with van der Waals surface area (Å²) in [5.41, 5.74) is 4.10. The smallest absolute Gasteiger partial charge is 0.334 e. The van der Waals surface area contributed by atoms with Crippen LogP contribution in [0.15, 0.2) is 18.2 Å². The van der Waals surface area contributed by atoms with Crippen LogP contribution in [0, 0.1) is 20.3 Å². The second-order valence-electron chi connectivity index (χ2n) is 4.50. The fourth-order valence-corrected chi connectivity index (χ4v) is 2.38. The zero-order valence-corrected chi connectivity index (χ0v) is 12.8. The molecule has 0 bridgehead atoms. The Labute approximate surface area is 123 Å². The third-order valence-corrected chi connectivity index (χ3v) is 3.23. The summed E-state index contributed by atoms with van der Waals surface area (Å²) in [5, 5.41) is 0. The average molecular weight is 290 g/mol. The van der Waals surface area contributed by atoms with E-state index < -0.39 is 0 Å². The molecule has 1 unspecified atom stereocenters. The van der Waals surface area contributed by atoms with Gasteiger partial charge in [-0.25, -0.2) is 0 Å². The molecule has 1 aliphatic rings. The van der Waals surface area contributed by atoms with Crippen molar-refractivity contribution in [2.24, 2.45) is 0 Å². The van der Waals surface area contributed by atoms with E-state index >= 15 is 0 Å². The van der Waals surface area contributed by atoms with Crippen molar-refractivity contribution in [3.8, 4) is 0 Å². The van der Waals surface area contributed by atoms with Crippen molar-refractivity contribution < 1.29 is 37.5 Å². The third-order valence-electron chi connectivity index (χ3n) is 3.23. The quantitative estimate of drug-likeness (QED) is 0.725. The first kappa shape index (κ1) is 13.9. The molecule has 1 saturated carbocycles. The van der Waals surface area contributed by atoms with E-state index in [-0.39, 0.29) is 32.7 Å². The van der Waals surface area contributed by atoms with Gasteiger partial charge in [0.2, 0.25) is 0 Å². The van der Waals surface area contributed by atoms with Gasteiger partial charge in [-0.1, -0.05) is 23.8 Å². The molecule has 80 valence electrons. The number of hydrogen-bond donors (Lipinski definition) is 0. The van der Waals surface area contributed by atoms with Gasteiger partial charge in [0.25, 0.3) is 0 Å². The molecule has 0 spiro atoms. The second kappa shape index (κ2) is 5.98. The Bertz CT molecular complexity index is 374. The van der Waals surface area contributed by atoms with Crippen LogP contribution in [-0.2, 0) is 37.5 Å². The number of Topliss-reactive ketones (excluding diaryl/α,β-unsaturated/α-hetero) is 1. The number of ketones is 1. The topological polar surface area (TPSA) is 17.1 Å². The van der Waals surface area contributed by atoms with Crippen LogP contribution >= 0.6 is 0 Å². The van der Waals surface area contributed by atoms with Crippen molar-refractivity contribution in [1.82, 2.24) is 0 Å². The molecule has 2 rings (SSSR count). The van der Waals surface area contributed by atoms with Gasteiger partial charge in [0.1, 0.15) is 0 Å². The van der Waals surface area contributed by atoms with E-state index in [1.54, 1.807) is 0 Å². The van der Waals surface area contributed by atoms with Gasteiger partial charge >= 0.3 is 32.7 Å². The molecule has 0 radical (unpaired) electrons. The van der Waals surface area contributed by atoms with Crippen LogP contribution in [0.4, 0.5) is 0 Å². The standard InChI is InChI=1S/C14H17O.Y/c1-10-3-8-14(11(2)9-10)12-4-6-13(15)7-5-12;/h3,6,8-9,12H,4-5,7H2,1-2H3;/q-1;+3. The van der Waals surface area contributed by atoms with Crippen molar-refractivity contribution >= 4 is 5.78 Å². The summed E-state index contributed by atoms with van der Waals surface area (Å²) in [5.74, 6) is 0.874. The molecule has 0 N–H and O–H groups in total. The summed E-state index contributed by atoms with van der Waals surface area (Å²) >= 11 is 0. The van der Waals surface area contributed by atoms with Crippen LogP contribution in [0.25, 0.3) is 0 Å². The zero-order chi connectivity index (χ0) is 10.8. The summed E-state index contributed by atoms with van der Waals surface area (Å²) in [7, 11) is 0. The van der Waals surface area contributed by atoms with Gasteiger partial charge in [-0.15, -0.1) is 0 Å². The number of rotatable bonds is 1. The number of hydrogen-bond acceptors (Lipinski definition) is 1. The molecular formula is C14H17OY+2. The minimum absolute atomic E-state index is 0. The molecule has 1 fully saturated rings. The van der Waals surface area contributed by atoms with Crippen LogP contribution in [0.1, 0.15) is 41.9 Å². The van der Waals surface area contributed by atoms with Gasteiger partial charge in [0.05, 0.1) is 0 Å². The van der Waals surface area contributed by atoms with Gasteiger partial charge in [-0.2, -0.15) is 6.42 Å². The Morgan fingerprint density at radius 3 is 2.62 bits per heavy atom. The van der Waals surface area contributed by atoms with E-state index in [2.05, 4.69) is 32.0 Å². The van der Waals surface area contributed by atoms with Crippen molar-refractivity contribution in [3.05, 3.63) is 41.3 Å². The SMILES string of the molecule is Cc1ccc(C2C[CH-]C(=O)CC2)c(C)c1.[Y+3]. The summed E-state index contributed by atoms with van der Waals surface area (Å²) in [6.45, 7) is 4.28. The predicted octanol–water partition coefficient (Wildman–Crippen LogP) is 3.34. The van der Waals surface area contributed by atoms with Crippen LogP contribution < -0.4 is 0 Å². The van der Waals surface area contributed by atoms with Crippen molar-refractivity contribution in [2.75, 3.05) is 0 Å². The van der Waals surface area contributed by atoms with Crippen LogP contribution in [-0.4, -0.2) is 5.78 Å². The molecule has 2 heteroatoms. The van der Waals surface area contributed by atoms with Crippen molar-refractivity contribution in [1.29, 1.82) is 0 Å². The molecule has 0 saturated heterocycles. The summed E-state index contributed by atoms with van der Waals surface area (Å²) in [4.78, 5) is 11.1. The Morgan fingerprint density at radius 2 is 2.06 bits per heavy atom. The van der Waals surface area contributed by atoms with E-state index in [1.165, 1.54) is 16.7 Å². The van der Waals surface area contributed by atoms with E-state index in [4.69, 9.17) is 0 Å². The largest absolute Gasteiger partial charge is 3.00 e. The Balaban J connectivity index is 0.00000128. The van der Waals surface area contributed by atoms with E-state index in [0.29, 0.717) is 11.7 Å².